The number of phenolic OH excluding ortho intramolecular Hbond substituents is 1. The van der Waals surface area contributed by atoms with Gasteiger partial charge in [-0.3, -0.25) is 9.97 Å². The summed E-state index contributed by atoms with van der Waals surface area (Å²) in [5, 5.41) is 13.2. The summed E-state index contributed by atoms with van der Waals surface area (Å²) in [7, 11) is 0. The highest BCUT2D eigenvalue weighted by atomic mass is 16.3. The smallest absolute Gasteiger partial charge is 0.120 e. The Hall–Kier alpha value is -1.94. The van der Waals surface area contributed by atoms with Gasteiger partial charge in [0, 0.05) is 30.5 Å². The summed E-state index contributed by atoms with van der Waals surface area (Å²) in [6.07, 6.45) is 3.52. The van der Waals surface area contributed by atoms with Crippen molar-refractivity contribution in [1.29, 1.82) is 0 Å². The molecule has 0 aliphatic rings. The molecule has 1 heterocycles. The topological polar surface area (TPSA) is 58.0 Å². The maximum absolute atomic E-state index is 9.87. The molecule has 0 amide bonds. The Labute approximate surface area is 113 Å². The standard InChI is InChI=1S/C15H19N3O/c1-10-4-5-15(19)14(6-10)12(3)17-9-13-8-16-11(2)7-18-13/h4-8,12,17,19H,9H2,1-3H3. The number of aromatic hydroxyl groups is 1. The summed E-state index contributed by atoms with van der Waals surface area (Å²) < 4.78 is 0. The van der Waals surface area contributed by atoms with Crippen molar-refractivity contribution in [3.8, 4) is 5.75 Å². The molecule has 1 atom stereocenters. The average molecular weight is 257 g/mol. The van der Waals surface area contributed by atoms with Gasteiger partial charge in [0.1, 0.15) is 5.75 Å². The molecular formula is C15H19N3O. The van der Waals surface area contributed by atoms with E-state index in [9.17, 15) is 5.11 Å². The summed E-state index contributed by atoms with van der Waals surface area (Å²) >= 11 is 0. The third kappa shape index (κ3) is 3.51. The van der Waals surface area contributed by atoms with E-state index in [-0.39, 0.29) is 6.04 Å². The third-order valence-corrected chi connectivity index (χ3v) is 3.07. The lowest BCUT2D eigenvalue weighted by Crippen LogP contribution is -2.19. The first kappa shape index (κ1) is 13.5. The van der Waals surface area contributed by atoms with Gasteiger partial charge in [-0.05, 0) is 26.8 Å². The summed E-state index contributed by atoms with van der Waals surface area (Å²) in [4.78, 5) is 8.51. The molecule has 0 aliphatic heterocycles. The highest BCUT2D eigenvalue weighted by Gasteiger charge is 2.10. The highest BCUT2D eigenvalue weighted by molar-refractivity contribution is 5.37. The fraction of sp³-hybridized carbons (Fsp3) is 0.333. The fourth-order valence-corrected chi connectivity index (χ4v) is 1.90. The molecule has 1 aromatic heterocycles. The molecule has 19 heavy (non-hydrogen) atoms. The largest absolute Gasteiger partial charge is 0.508 e. The van der Waals surface area contributed by atoms with Gasteiger partial charge >= 0.3 is 0 Å². The van der Waals surface area contributed by atoms with E-state index in [0.717, 1.165) is 22.5 Å². The Morgan fingerprint density at radius 2 is 2.00 bits per heavy atom. The van der Waals surface area contributed by atoms with Crippen LogP contribution < -0.4 is 5.32 Å². The van der Waals surface area contributed by atoms with E-state index in [1.807, 2.05) is 32.9 Å². The molecule has 0 saturated heterocycles. The number of aryl methyl sites for hydroxylation is 2. The SMILES string of the molecule is Cc1ccc(O)c(C(C)NCc2cnc(C)cn2)c1. The Bertz CT molecular complexity index is 552. The molecule has 0 saturated carbocycles. The van der Waals surface area contributed by atoms with Crippen molar-refractivity contribution in [1.82, 2.24) is 15.3 Å². The molecule has 0 aliphatic carbocycles. The minimum atomic E-state index is 0.0583. The van der Waals surface area contributed by atoms with Crippen LogP contribution in [-0.4, -0.2) is 15.1 Å². The monoisotopic (exact) mass is 257 g/mol. The van der Waals surface area contributed by atoms with Crippen molar-refractivity contribution in [2.45, 2.75) is 33.4 Å². The molecule has 1 unspecified atom stereocenters. The number of phenols is 1. The fourth-order valence-electron chi connectivity index (χ4n) is 1.90. The second-order valence-electron chi connectivity index (χ2n) is 4.81. The number of aromatic nitrogens is 2. The second-order valence-corrected chi connectivity index (χ2v) is 4.81. The lowest BCUT2D eigenvalue weighted by Gasteiger charge is -2.16. The summed E-state index contributed by atoms with van der Waals surface area (Å²) in [5.41, 5.74) is 3.84. The van der Waals surface area contributed by atoms with E-state index in [1.165, 1.54) is 0 Å². The van der Waals surface area contributed by atoms with Gasteiger partial charge in [0.15, 0.2) is 0 Å². The highest BCUT2D eigenvalue weighted by Crippen LogP contribution is 2.24. The van der Waals surface area contributed by atoms with Crippen LogP contribution in [0.25, 0.3) is 0 Å². The molecule has 0 fully saturated rings. The predicted molar refractivity (Wildman–Crippen MR) is 74.9 cm³/mol. The van der Waals surface area contributed by atoms with Crippen molar-refractivity contribution in [3.63, 3.8) is 0 Å². The zero-order valence-electron chi connectivity index (χ0n) is 11.5. The van der Waals surface area contributed by atoms with Crippen molar-refractivity contribution >= 4 is 0 Å². The Morgan fingerprint density at radius 3 is 2.68 bits per heavy atom. The van der Waals surface area contributed by atoms with E-state index in [0.29, 0.717) is 12.3 Å². The Kier molecular flexibility index (Phi) is 4.12. The molecule has 4 heteroatoms. The van der Waals surface area contributed by atoms with Gasteiger partial charge in [-0.25, -0.2) is 0 Å². The summed E-state index contributed by atoms with van der Waals surface area (Å²) in [6.45, 7) is 6.58. The zero-order chi connectivity index (χ0) is 13.8. The Morgan fingerprint density at radius 1 is 1.21 bits per heavy atom. The normalized spacial score (nSPS) is 12.4. The average Bonchev–Trinajstić information content (AvgIpc) is 2.40. The van der Waals surface area contributed by atoms with Gasteiger partial charge in [0.25, 0.3) is 0 Å². The van der Waals surface area contributed by atoms with Crippen LogP contribution >= 0.6 is 0 Å². The molecule has 1 aromatic carbocycles. The van der Waals surface area contributed by atoms with Gasteiger partial charge in [-0.1, -0.05) is 17.7 Å². The number of rotatable bonds is 4. The number of nitrogens with one attached hydrogen (secondary N) is 1. The molecule has 2 aromatic rings. The van der Waals surface area contributed by atoms with Crippen LogP contribution in [0.1, 0.15) is 35.5 Å². The molecule has 4 nitrogen and oxygen atoms in total. The van der Waals surface area contributed by atoms with Gasteiger partial charge in [0.2, 0.25) is 0 Å². The van der Waals surface area contributed by atoms with E-state index in [4.69, 9.17) is 0 Å². The van der Waals surface area contributed by atoms with Gasteiger partial charge in [0.05, 0.1) is 11.4 Å². The van der Waals surface area contributed by atoms with Crippen molar-refractivity contribution in [3.05, 3.63) is 53.1 Å². The molecule has 2 N–H and O–H groups in total. The van der Waals surface area contributed by atoms with Crippen molar-refractivity contribution < 1.29 is 5.11 Å². The number of nitrogens with zero attached hydrogens (tertiary/aromatic N) is 2. The van der Waals surface area contributed by atoms with Crippen LogP contribution in [0.3, 0.4) is 0 Å². The van der Waals surface area contributed by atoms with Gasteiger partial charge < -0.3 is 10.4 Å². The number of hydrogen-bond donors (Lipinski definition) is 2. The first-order chi connectivity index (χ1) is 9.06. The zero-order valence-corrected chi connectivity index (χ0v) is 11.5. The van der Waals surface area contributed by atoms with E-state index >= 15 is 0 Å². The molecule has 2 rings (SSSR count). The van der Waals surface area contributed by atoms with E-state index in [1.54, 1.807) is 18.5 Å². The van der Waals surface area contributed by atoms with E-state index in [2.05, 4.69) is 15.3 Å². The second kappa shape index (κ2) is 5.80. The molecule has 0 spiro atoms. The first-order valence-electron chi connectivity index (χ1n) is 6.36. The quantitative estimate of drug-likeness (QED) is 0.884. The minimum absolute atomic E-state index is 0.0583. The lowest BCUT2D eigenvalue weighted by molar-refractivity contribution is 0.451. The van der Waals surface area contributed by atoms with Crippen LogP contribution in [0, 0.1) is 13.8 Å². The predicted octanol–water partition coefficient (Wildman–Crippen LogP) is 2.65. The van der Waals surface area contributed by atoms with Crippen molar-refractivity contribution in [2.75, 3.05) is 0 Å². The minimum Gasteiger partial charge on any atom is -0.508 e. The van der Waals surface area contributed by atoms with Crippen LogP contribution in [0.4, 0.5) is 0 Å². The Balaban J connectivity index is 2.03. The van der Waals surface area contributed by atoms with Gasteiger partial charge in [-0.15, -0.1) is 0 Å². The van der Waals surface area contributed by atoms with Crippen LogP contribution in [0.15, 0.2) is 30.6 Å². The number of hydrogen-bond acceptors (Lipinski definition) is 4. The maximum atomic E-state index is 9.87. The van der Waals surface area contributed by atoms with Crippen molar-refractivity contribution in [2.24, 2.45) is 0 Å². The maximum Gasteiger partial charge on any atom is 0.120 e. The van der Waals surface area contributed by atoms with Crippen LogP contribution in [0.2, 0.25) is 0 Å². The molecule has 0 bridgehead atoms. The summed E-state index contributed by atoms with van der Waals surface area (Å²) in [5.74, 6) is 0.320. The van der Waals surface area contributed by atoms with E-state index < -0.39 is 0 Å². The van der Waals surface area contributed by atoms with Gasteiger partial charge in [-0.2, -0.15) is 0 Å². The van der Waals surface area contributed by atoms with Crippen LogP contribution in [-0.2, 0) is 6.54 Å². The third-order valence-electron chi connectivity index (χ3n) is 3.07. The summed E-state index contributed by atoms with van der Waals surface area (Å²) in [6, 6.07) is 5.68. The first-order valence-corrected chi connectivity index (χ1v) is 6.36. The molecular weight excluding hydrogens is 238 g/mol. The molecule has 0 radical (unpaired) electrons. The number of benzene rings is 1. The lowest BCUT2D eigenvalue weighted by atomic mass is 10.0. The molecule has 100 valence electrons. The van der Waals surface area contributed by atoms with Crippen LogP contribution in [0.5, 0.6) is 5.75 Å².